The van der Waals surface area contributed by atoms with Crippen LogP contribution in [0.5, 0.6) is 0 Å². The van der Waals surface area contributed by atoms with Gasteiger partial charge in [0, 0.05) is 0 Å². The summed E-state index contributed by atoms with van der Waals surface area (Å²) in [7, 11) is 1.28. The van der Waals surface area contributed by atoms with Gasteiger partial charge in [0.05, 0.1) is 12.7 Å². The summed E-state index contributed by atoms with van der Waals surface area (Å²) < 4.78 is 9.85. The van der Waals surface area contributed by atoms with E-state index in [9.17, 15) is 19.2 Å². The molecule has 1 N–H and O–H groups in total. The van der Waals surface area contributed by atoms with Crippen LogP contribution in [0.3, 0.4) is 0 Å². The topological polar surface area (TPSA) is 102 Å². The quantitative estimate of drug-likeness (QED) is 0.612. The van der Waals surface area contributed by atoms with Crippen LogP contribution in [0.15, 0.2) is 24.3 Å². The third-order valence-electron chi connectivity index (χ3n) is 5.54. The first kappa shape index (κ1) is 19.9. The zero-order chi connectivity index (χ0) is 20.3. The highest BCUT2D eigenvalue weighted by Crippen LogP contribution is 2.38. The van der Waals surface area contributed by atoms with Gasteiger partial charge in [-0.2, -0.15) is 0 Å². The number of hydrogen-bond acceptors (Lipinski definition) is 6. The minimum Gasteiger partial charge on any atom is -0.465 e. The molecule has 1 aliphatic heterocycles. The summed E-state index contributed by atoms with van der Waals surface area (Å²) in [6, 6.07) is 5.96. The van der Waals surface area contributed by atoms with Crippen LogP contribution in [0.25, 0.3) is 0 Å². The number of imide groups is 1. The Morgan fingerprint density at radius 2 is 2.07 bits per heavy atom. The molecule has 2 atom stereocenters. The van der Waals surface area contributed by atoms with Crippen LogP contribution >= 0.6 is 0 Å². The number of nitrogens with zero attached hydrogens (tertiary/aromatic N) is 1. The van der Waals surface area contributed by atoms with E-state index in [1.165, 1.54) is 7.11 Å². The van der Waals surface area contributed by atoms with Gasteiger partial charge in [-0.15, -0.1) is 0 Å². The van der Waals surface area contributed by atoms with Gasteiger partial charge in [-0.25, -0.2) is 9.59 Å². The van der Waals surface area contributed by atoms with Crippen molar-refractivity contribution < 1.29 is 28.7 Å². The number of ether oxygens (including phenoxy) is 2. The van der Waals surface area contributed by atoms with Gasteiger partial charge >= 0.3 is 18.0 Å². The number of methoxy groups -OCH3 is 1. The van der Waals surface area contributed by atoms with E-state index in [1.807, 2.05) is 6.92 Å². The molecule has 1 aromatic carbocycles. The molecule has 1 aromatic rings. The van der Waals surface area contributed by atoms with Crippen LogP contribution < -0.4 is 5.32 Å². The van der Waals surface area contributed by atoms with Crippen molar-refractivity contribution >= 4 is 23.9 Å². The number of hydrogen-bond donors (Lipinski definition) is 1. The van der Waals surface area contributed by atoms with Gasteiger partial charge in [0.25, 0.3) is 5.91 Å². The van der Waals surface area contributed by atoms with Crippen molar-refractivity contribution in [3.8, 4) is 0 Å². The molecule has 0 aromatic heterocycles. The second-order valence-corrected chi connectivity index (χ2v) is 7.29. The van der Waals surface area contributed by atoms with E-state index in [-0.39, 0.29) is 18.4 Å². The van der Waals surface area contributed by atoms with Gasteiger partial charge in [-0.1, -0.05) is 31.9 Å². The van der Waals surface area contributed by atoms with Crippen molar-refractivity contribution in [3.63, 3.8) is 0 Å². The molecular weight excluding hydrogens is 364 g/mol. The predicted molar refractivity (Wildman–Crippen MR) is 98.2 cm³/mol. The molecule has 1 saturated heterocycles. The third-order valence-corrected chi connectivity index (χ3v) is 5.54. The lowest BCUT2D eigenvalue weighted by Crippen LogP contribution is -2.54. The summed E-state index contributed by atoms with van der Waals surface area (Å²) in [6.45, 7) is 1.44. The fourth-order valence-electron chi connectivity index (χ4n) is 3.88. The highest BCUT2D eigenvalue weighted by atomic mass is 16.5. The predicted octanol–water partition coefficient (Wildman–Crippen LogP) is 2.02. The Morgan fingerprint density at radius 3 is 2.79 bits per heavy atom. The Hall–Kier alpha value is -2.90. The molecule has 0 radical (unpaired) electrons. The number of benzene rings is 1. The number of carbonyl (C=O) groups excluding carboxylic acids is 4. The van der Waals surface area contributed by atoms with Crippen molar-refractivity contribution in [1.82, 2.24) is 10.2 Å². The van der Waals surface area contributed by atoms with Crippen molar-refractivity contribution in [2.24, 2.45) is 5.92 Å². The first-order chi connectivity index (χ1) is 13.4. The Morgan fingerprint density at radius 1 is 1.29 bits per heavy atom. The average molecular weight is 388 g/mol. The third kappa shape index (κ3) is 3.72. The van der Waals surface area contributed by atoms with Gasteiger partial charge in [0.2, 0.25) is 0 Å². The molecule has 3 rings (SSSR count). The van der Waals surface area contributed by atoms with Crippen LogP contribution in [0, 0.1) is 5.92 Å². The largest absolute Gasteiger partial charge is 0.465 e. The number of esters is 2. The number of urea groups is 1. The lowest BCUT2D eigenvalue weighted by molar-refractivity contribution is -0.149. The van der Waals surface area contributed by atoms with Gasteiger partial charge in [-0.05, 0) is 36.5 Å². The minimum absolute atomic E-state index is 0.0276. The molecular formula is C20H24N2O6. The molecule has 150 valence electrons. The monoisotopic (exact) mass is 388 g/mol. The van der Waals surface area contributed by atoms with Gasteiger partial charge in [0.15, 0.2) is 0 Å². The van der Waals surface area contributed by atoms with Crippen LogP contribution in [-0.2, 0) is 25.7 Å². The lowest BCUT2D eigenvalue weighted by Gasteiger charge is -2.36. The maximum Gasteiger partial charge on any atom is 0.337 e. The standard InChI is InChI=1S/C20H24N2O6/c1-13-6-3-4-9-20(13)18(25)22(19(26)21-20)11-16(23)28-12-14-7-5-8-15(10-14)17(24)27-2/h5,7-8,10,13H,3-4,6,9,11-12H2,1-2H3,(H,21,26)/t13-,20+/m1/s1. The normalized spacial score (nSPS) is 24.2. The lowest BCUT2D eigenvalue weighted by atomic mass is 9.73. The molecule has 8 nitrogen and oxygen atoms in total. The summed E-state index contributed by atoms with van der Waals surface area (Å²) in [6.07, 6.45) is 3.34. The first-order valence-corrected chi connectivity index (χ1v) is 9.34. The highest BCUT2D eigenvalue weighted by molar-refractivity contribution is 6.09. The molecule has 2 fully saturated rings. The zero-order valence-corrected chi connectivity index (χ0v) is 16.0. The SMILES string of the molecule is COC(=O)c1cccc(COC(=O)CN2C(=O)N[C@]3(CCCC[C@H]3C)C2=O)c1. The fraction of sp³-hybridized carbons (Fsp3) is 0.500. The maximum absolute atomic E-state index is 12.8. The molecule has 1 saturated carbocycles. The van der Waals surface area contributed by atoms with E-state index in [1.54, 1.807) is 24.3 Å². The molecule has 1 aliphatic carbocycles. The molecule has 2 aliphatic rings. The molecule has 1 spiro atoms. The second kappa shape index (κ2) is 8.00. The number of carbonyl (C=O) groups is 4. The second-order valence-electron chi connectivity index (χ2n) is 7.29. The van der Waals surface area contributed by atoms with E-state index in [2.05, 4.69) is 10.1 Å². The summed E-state index contributed by atoms with van der Waals surface area (Å²) >= 11 is 0. The molecule has 8 heteroatoms. The number of nitrogens with one attached hydrogen (secondary N) is 1. The molecule has 3 amide bonds. The Kier molecular flexibility index (Phi) is 5.67. The zero-order valence-electron chi connectivity index (χ0n) is 16.0. The summed E-state index contributed by atoms with van der Waals surface area (Å²) in [5, 5.41) is 2.80. The number of amides is 3. The van der Waals surface area contributed by atoms with Crippen LogP contribution in [0.1, 0.15) is 48.5 Å². The van der Waals surface area contributed by atoms with Gasteiger partial charge < -0.3 is 14.8 Å². The maximum atomic E-state index is 12.8. The fourth-order valence-corrected chi connectivity index (χ4v) is 3.88. The van der Waals surface area contributed by atoms with Crippen LogP contribution in [0.2, 0.25) is 0 Å². The minimum atomic E-state index is -0.898. The van der Waals surface area contributed by atoms with Crippen molar-refractivity contribution in [1.29, 1.82) is 0 Å². The number of rotatable bonds is 5. The van der Waals surface area contributed by atoms with E-state index >= 15 is 0 Å². The Bertz CT molecular complexity index is 808. The summed E-state index contributed by atoms with van der Waals surface area (Å²) in [5.41, 5.74) is 0.0500. The summed E-state index contributed by atoms with van der Waals surface area (Å²) in [5.74, 6) is -1.50. The van der Waals surface area contributed by atoms with E-state index in [0.29, 0.717) is 17.5 Å². The van der Waals surface area contributed by atoms with Crippen LogP contribution in [0.4, 0.5) is 4.79 Å². The Balaban J connectivity index is 1.60. The van der Waals surface area contributed by atoms with E-state index < -0.39 is 30.1 Å². The van der Waals surface area contributed by atoms with Crippen molar-refractivity contribution in [2.75, 3.05) is 13.7 Å². The van der Waals surface area contributed by atoms with E-state index in [0.717, 1.165) is 24.2 Å². The summed E-state index contributed by atoms with van der Waals surface area (Å²) in [4.78, 5) is 49.9. The molecule has 1 heterocycles. The van der Waals surface area contributed by atoms with Gasteiger partial charge in [0.1, 0.15) is 18.7 Å². The van der Waals surface area contributed by atoms with Crippen molar-refractivity contribution in [3.05, 3.63) is 35.4 Å². The highest BCUT2D eigenvalue weighted by Gasteiger charge is 2.55. The van der Waals surface area contributed by atoms with Crippen LogP contribution in [-0.4, -0.2) is 48.0 Å². The smallest absolute Gasteiger partial charge is 0.337 e. The molecule has 28 heavy (non-hydrogen) atoms. The van der Waals surface area contributed by atoms with Gasteiger partial charge in [-0.3, -0.25) is 14.5 Å². The first-order valence-electron chi connectivity index (χ1n) is 9.34. The Labute approximate surface area is 163 Å². The molecule has 0 bridgehead atoms. The van der Waals surface area contributed by atoms with E-state index in [4.69, 9.17) is 4.74 Å². The molecule has 0 unspecified atom stereocenters. The average Bonchev–Trinajstić information content (AvgIpc) is 2.93. The van der Waals surface area contributed by atoms with Crippen molar-refractivity contribution in [2.45, 2.75) is 44.8 Å².